The summed E-state index contributed by atoms with van der Waals surface area (Å²) in [5.74, 6) is -1.43. The summed E-state index contributed by atoms with van der Waals surface area (Å²) in [5, 5.41) is 21.1. The van der Waals surface area contributed by atoms with Crippen molar-refractivity contribution in [2.24, 2.45) is 0 Å². The lowest BCUT2D eigenvalue weighted by Gasteiger charge is -2.35. The summed E-state index contributed by atoms with van der Waals surface area (Å²) in [4.78, 5) is 3.63. The molecule has 0 saturated heterocycles. The first kappa shape index (κ1) is 28.3. The molecule has 0 fully saturated rings. The molecule has 0 aliphatic carbocycles. The quantitative estimate of drug-likeness (QED) is 0.253. The average molecular weight is 537 g/mol. The van der Waals surface area contributed by atoms with Gasteiger partial charge >= 0.3 is 12.1 Å². The van der Waals surface area contributed by atoms with E-state index in [4.69, 9.17) is 0 Å². The Labute approximate surface area is 211 Å². The van der Waals surface area contributed by atoms with Crippen LogP contribution in [0.4, 0.5) is 30.7 Å². The van der Waals surface area contributed by atoms with E-state index in [1.165, 1.54) is 19.1 Å². The van der Waals surface area contributed by atoms with Crippen LogP contribution in [0.25, 0.3) is 0 Å². The molecule has 0 aliphatic rings. The molecule has 198 valence electrons. The predicted octanol–water partition coefficient (Wildman–Crippen LogP) is 5.24. The molecule has 0 amide bonds. The Morgan fingerprint density at radius 1 is 1.13 bits per heavy atom. The number of hydrogen-bond acceptors (Lipinski definition) is 5. The lowest BCUT2D eigenvalue weighted by Crippen LogP contribution is -2.48. The van der Waals surface area contributed by atoms with Crippen molar-refractivity contribution < 1.29 is 35.8 Å². The van der Waals surface area contributed by atoms with Gasteiger partial charge in [-0.05, 0) is 53.8 Å². The normalized spacial score (nSPS) is 14.2. The molecule has 2 aromatic heterocycles. The number of aliphatic hydroxyl groups is 1. The van der Waals surface area contributed by atoms with Crippen molar-refractivity contribution in [2.45, 2.75) is 31.2 Å². The molecule has 3 aromatic rings. The Balaban J connectivity index is 2.00. The molecule has 6 nitrogen and oxygen atoms in total. The number of benzene rings is 1. The van der Waals surface area contributed by atoms with Crippen molar-refractivity contribution in [3.05, 3.63) is 107 Å². The Morgan fingerprint density at radius 2 is 1.87 bits per heavy atom. The summed E-state index contributed by atoms with van der Waals surface area (Å²) in [5.41, 5.74) is -6.70. The number of halogens is 7. The number of aromatic nitrogens is 5. The fraction of sp³-hybridized carbons (Fsp3) is 0.200. The molecule has 0 bridgehead atoms. The molecule has 1 N–H and O–H groups in total. The van der Waals surface area contributed by atoms with Crippen LogP contribution in [0.2, 0.25) is 0 Å². The second-order valence-electron chi connectivity index (χ2n) is 7.85. The van der Waals surface area contributed by atoms with E-state index in [1.807, 2.05) is 0 Å². The summed E-state index contributed by atoms with van der Waals surface area (Å²) in [6.45, 7) is 3.97. The first-order valence-corrected chi connectivity index (χ1v) is 10.6. The van der Waals surface area contributed by atoms with Crippen LogP contribution in [0.3, 0.4) is 0 Å². The number of alkyl halides is 5. The molecule has 38 heavy (non-hydrogen) atoms. The molecule has 0 radical (unpaired) electrons. The van der Waals surface area contributed by atoms with Crippen molar-refractivity contribution >= 4 is 0 Å². The van der Waals surface area contributed by atoms with Gasteiger partial charge in [0.15, 0.2) is 5.60 Å². The summed E-state index contributed by atoms with van der Waals surface area (Å²) in [7, 11) is 0. The van der Waals surface area contributed by atoms with Gasteiger partial charge in [-0.25, -0.2) is 13.5 Å². The highest BCUT2D eigenvalue weighted by Crippen LogP contribution is 2.47. The third-order valence-electron chi connectivity index (χ3n) is 5.22. The zero-order valence-corrected chi connectivity index (χ0v) is 19.5. The SMILES string of the molecule is C=C(C#Cc1ccc(C(F)(F)C(O)(Cn2cnnn2)c2ccc(C(F)(F)F)cc2F)nc1)/C=C\C(F)=C/C. The van der Waals surface area contributed by atoms with Crippen molar-refractivity contribution in [2.75, 3.05) is 0 Å². The number of rotatable bonds is 7. The smallest absolute Gasteiger partial charge is 0.377 e. The number of tetrazole rings is 1. The van der Waals surface area contributed by atoms with Crippen molar-refractivity contribution in [1.29, 1.82) is 0 Å². The Morgan fingerprint density at radius 3 is 2.42 bits per heavy atom. The van der Waals surface area contributed by atoms with Crippen LogP contribution in [-0.2, 0) is 24.2 Å². The highest BCUT2D eigenvalue weighted by Gasteiger charge is 2.58. The van der Waals surface area contributed by atoms with E-state index >= 15 is 8.78 Å². The van der Waals surface area contributed by atoms with Crippen LogP contribution in [0, 0.1) is 17.7 Å². The molecule has 1 aromatic carbocycles. The van der Waals surface area contributed by atoms with Gasteiger partial charge in [0.1, 0.15) is 23.7 Å². The van der Waals surface area contributed by atoms with Crippen molar-refractivity contribution in [1.82, 2.24) is 25.2 Å². The largest absolute Gasteiger partial charge is 0.416 e. The van der Waals surface area contributed by atoms with Gasteiger partial charge in [0.2, 0.25) is 0 Å². The second kappa shape index (κ2) is 11.0. The fourth-order valence-corrected chi connectivity index (χ4v) is 3.20. The first-order chi connectivity index (χ1) is 17.8. The first-order valence-electron chi connectivity index (χ1n) is 10.6. The Bertz CT molecular complexity index is 1420. The van der Waals surface area contributed by atoms with Gasteiger partial charge in [-0.3, -0.25) is 4.98 Å². The average Bonchev–Trinajstić information content (AvgIpc) is 3.38. The van der Waals surface area contributed by atoms with Gasteiger partial charge in [0, 0.05) is 22.9 Å². The summed E-state index contributed by atoms with van der Waals surface area (Å²) in [6.07, 6.45) is 0.507. The highest BCUT2D eigenvalue weighted by atomic mass is 19.4. The van der Waals surface area contributed by atoms with E-state index in [-0.39, 0.29) is 17.2 Å². The third-order valence-corrected chi connectivity index (χ3v) is 5.22. The summed E-state index contributed by atoms with van der Waals surface area (Å²) in [6, 6.07) is 2.74. The molecule has 0 saturated carbocycles. The lowest BCUT2D eigenvalue weighted by atomic mass is 9.84. The molecule has 13 heteroatoms. The third kappa shape index (κ3) is 6.15. The van der Waals surface area contributed by atoms with Crippen molar-refractivity contribution in [3.8, 4) is 11.8 Å². The molecule has 0 spiro atoms. The molecule has 1 atom stereocenters. The monoisotopic (exact) mass is 537 g/mol. The summed E-state index contributed by atoms with van der Waals surface area (Å²) >= 11 is 0. The maximum absolute atomic E-state index is 15.8. The van der Waals surface area contributed by atoms with Gasteiger partial charge in [-0.1, -0.05) is 30.6 Å². The minimum Gasteiger partial charge on any atom is -0.377 e. The zero-order valence-electron chi connectivity index (χ0n) is 19.5. The van der Waals surface area contributed by atoms with Crippen LogP contribution >= 0.6 is 0 Å². The molecule has 1 unspecified atom stereocenters. The lowest BCUT2D eigenvalue weighted by molar-refractivity contribution is -0.207. The van der Waals surface area contributed by atoms with E-state index < -0.39 is 52.7 Å². The van der Waals surface area contributed by atoms with Crippen LogP contribution in [-0.4, -0.2) is 30.3 Å². The molecule has 2 heterocycles. The van der Waals surface area contributed by atoms with Gasteiger partial charge < -0.3 is 5.11 Å². The fourth-order valence-electron chi connectivity index (χ4n) is 3.20. The molecular weight excluding hydrogens is 519 g/mol. The number of hydrogen-bond donors (Lipinski definition) is 1. The van der Waals surface area contributed by atoms with Gasteiger partial charge in [-0.15, -0.1) is 5.10 Å². The van der Waals surface area contributed by atoms with Crippen molar-refractivity contribution in [3.63, 3.8) is 0 Å². The standard InChI is InChI=1S/C25H18F7N5O/c1-3-19(26)9-5-16(2)4-6-17-7-11-22(33-13-17)24(28,29)23(38,14-37-15-34-35-36-37)20-10-8-18(12-21(20)27)25(30,31)32/h3,5,7-13,15,38H,2,14H2,1H3/b9-5-,19-3+. The highest BCUT2D eigenvalue weighted by molar-refractivity contribution is 5.44. The molecule has 3 rings (SSSR count). The van der Waals surface area contributed by atoms with Gasteiger partial charge in [-0.2, -0.15) is 22.0 Å². The second-order valence-corrected chi connectivity index (χ2v) is 7.85. The maximum Gasteiger partial charge on any atom is 0.416 e. The van der Waals surface area contributed by atoms with Gasteiger partial charge in [0.05, 0.1) is 12.1 Å². The Hall–Kier alpha value is -4.31. The van der Waals surface area contributed by atoms with Crippen LogP contribution in [0.5, 0.6) is 0 Å². The zero-order chi connectivity index (χ0) is 28.1. The topological polar surface area (TPSA) is 76.7 Å². The van der Waals surface area contributed by atoms with Crippen LogP contribution in [0.1, 0.15) is 29.3 Å². The Kier molecular flexibility index (Phi) is 8.16. The number of pyridine rings is 1. The summed E-state index contributed by atoms with van der Waals surface area (Å²) < 4.78 is 99.1. The minimum atomic E-state index is -4.95. The van der Waals surface area contributed by atoms with E-state index in [0.717, 1.165) is 30.7 Å². The van der Waals surface area contributed by atoms with E-state index in [2.05, 4.69) is 38.9 Å². The van der Waals surface area contributed by atoms with Crippen LogP contribution in [0.15, 0.2) is 79.1 Å². The van der Waals surface area contributed by atoms with E-state index in [1.54, 1.807) is 0 Å². The molecule has 0 aliphatic heterocycles. The van der Waals surface area contributed by atoms with E-state index in [0.29, 0.717) is 16.8 Å². The maximum atomic E-state index is 15.8. The van der Waals surface area contributed by atoms with E-state index in [9.17, 15) is 27.1 Å². The van der Waals surface area contributed by atoms with Crippen LogP contribution < -0.4 is 0 Å². The molecular formula is C25H18F7N5O. The minimum absolute atomic E-state index is 0.00553. The predicted molar refractivity (Wildman–Crippen MR) is 121 cm³/mol. The number of allylic oxidation sites excluding steroid dienone is 5. The number of nitrogens with zero attached hydrogens (tertiary/aromatic N) is 5. The van der Waals surface area contributed by atoms with Gasteiger partial charge in [0.25, 0.3) is 0 Å².